The third-order valence-electron chi connectivity index (χ3n) is 4.95. The van der Waals surface area contributed by atoms with Gasteiger partial charge in [-0.2, -0.15) is 5.10 Å². The first-order valence-corrected chi connectivity index (χ1v) is 9.22. The third kappa shape index (κ3) is 2.63. The highest BCUT2D eigenvalue weighted by atomic mass is 35.5. The van der Waals surface area contributed by atoms with E-state index in [2.05, 4.69) is 25.8 Å². The van der Waals surface area contributed by atoms with Crippen LogP contribution in [-0.2, 0) is 4.79 Å². The van der Waals surface area contributed by atoms with Crippen LogP contribution >= 0.6 is 11.6 Å². The normalized spacial score (nSPS) is 16.2. The Morgan fingerprint density at radius 3 is 2.93 bits per heavy atom. The summed E-state index contributed by atoms with van der Waals surface area (Å²) >= 11 is 6.51. The lowest BCUT2D eigenvalue weighted by atomic mass is 9.96. The number of H-pyrrole nitrogens is 1. The molecule has 0 spiro atoms. The minimum atomic E-state index is -0.189. The van der Waals surface area contributed by atoms with Crippen molar-refractivity contribution in [1.29, 1.82) is 0 Å². The number of ether oxygens (including phenoxy) is 1. The highest BCUT2D eigenvalue weighted by molar-refractivity contribution is 6.41. The number of anilines is 2. The van der Waals surface area contributed by atoms with Crippen molar-refractivity contribution in [2.24, 2.45) is 0 Å². The van der Waals surface area contributed by atoms with Gasteiger partial charge in [0.05, 0.1) is 16.9 Å². The summed E-state index contributed by atoms with van der Waals surface area (Å²) in [6, 6.07) is 3.81. The number of halogens is 1. The zero-order valence-corrected chi connectivity index (χ0v) is 15.7. The average Bonchev–Trinajstić information content (AvgIpc) is 3.32. The molecule has 0 fully saturated rings. The smallest absolute Gasteiger partial charge is 0.256 e. The van der Waals surface area contributed by atoms with Crippen molar-refractivity contribution < 1.29 is 9.53 Å². The van der Waals surface area contributed by atoms with E-state index in [0.717, 1.165) is 40.0 Å². The fraction of sp³-hybridized carbons (Fsp3) is 0.150. The Labute approximate surface area is 165 Å². The average molecular weight is 394 g/mol. The Morgan fingerprint density at radius 1 is 1.21 bits per heavy atom. The maximum atomic E-state index is 12.5. The van der Waals surface area contributed by atoms with Crippen LogP contribution in [0.3, 0.4) is 0 Å². The van der Waals surface area contributed by atoms with E-state index >= 15 is 0 Å². The monoisotopic (exact) mass is 393 g/mol. The highest BCUT2D eigenvalue weighted by Crippen LogP contribution is 2.43. The van der Waals surface area contributed by atoms with Crippen molar-refractivity contribution in [3.05, 3.63) is 52.4 Å². The number of aromatic nitrogens is 3. The van der Waals surface area contributed by atoms with Gasteiger partial charge in [0.2, 0.25) is 5.88 Å². The molecule has 0 bridgehead atoms. The lowest BCUT2D eigenvalue weighted by Gasteiger charge is -2.21. The molecule has 4 heterocycles. The Morgan fingerprint density at radius 2 is 2.11 bits per heavy atom. The molecule has 8 heteroatoms. The lowest BCUT2D eigenvalue weighted by Crippen LogP contribution is -2.20. The summed E-state index contributed by atoms with van der Waals surface area (Å²) in [5.74, 6) is 0.419. The van der Waals surface area contributed by atoms with Gasteiger partial charge >= 0.3 is 0 Å². The van der Waals surface area contributed by atoms with Crippen LogP contribution in [0.5, 0.6) is 5.88 Å². The van der Waals surface area contributed by atoms with E-state index in [9.17, 15) is 4.79 Å². The van der Waals surface area contributed by atoms with Gasteiger partial charge in [-0.05, 0) is 36.3 Å². The van der Waals surface area contributed by atoms with Crippen LogP contribution in [0, 0.1) is 6.92 Å². The Kier molecular flexibility index (Phi) is 3.84. The van der Waals surface area contributed by atoms with Crippen molar-refractivity contribution in [3.8, 4) is 17.0 Å². The van der Waals surface area contributed by atoms with Crippen LogP contribution in [0.25, 0.3) is 22.8 Å². The predicted molar refractivity (Wildman–Crippen MR) is 108 cm³/mol. The Balaban J connectivity index is 1.66. The van der Waals surface area contributed by atoms with E-state index in [1.54, 1.807) is 24.7 Å². The maximum absolute atomic E-state index is 12.5. The molecule has 0 radical (unpaired) electrons. The van der Waals surface area contributed by atoms with Crippen LogP contribution in [0.15, 0.2) is 30.7 Å². The van der Waals surface area contributed by atoms with Gasteiger partial charge in [0.15, 0.2) is 0 Å². The molecule has 1 aromatic carbocycles. The maximum Gasteiger partial charge on any atom is 0.256 e. The quantitative estimate of drug-likeness (QED) is 0.577. The minimum Gasteiger partial charge on any atom is -0.474 e. The SMILES string of the molecule is Cc1c(-c2cc(Cl)c3c(c2)C(=Cc2cn[nH]c2)C(=O)N3)cnc2c1NCCO2. The first-order valence-electron chi connectivity index (χ1n) is 8.84. The summed E-state index contributed by atoms with van der Waals surface area (Å²) in [6.07, 6.45) is 6.96. The van der Waals surface area contributed by atoms with Gasteiger partial charge in [0.25, 0.3) is 5.91 Å². The molecular formula is C20H16ClN5O2. The summed E-state index contributed by atoms with van der Waals surface area (Å²) < 4.78 is 5.61. The first kappa shape index (κ1) is 16.8. The van der Waals surface area contributed by atoms with Crippen LogP contribution in [0.1, 0.15) is 16.7 Å². The van der Waals surface area contributed by atoms with Gasteiger partial charge in [-0.1, -0.05) is 11.6 Å². The second-order valence-electron chi connectivity index (χ2n) is 6.68. The number of rotatable bonds is 2. The summed E-state index contributed by atoms with van der Waals surface area (Å²) in [6.45, 7) is 3.35. The van der Waals surface area contributed by atoms with E-state index in [1.807, 2.05) is 19.1 Å². The van der Waals surface area contributed by atoms with Gasteiger partial charge in [-0.3, -0.25) is 9.89 Å². The van der Waals surface area contributed by atoms with Crippen LogP contribution < -0.4 is 15.4 Å². The Bertz CT molecular complexity index is 1140. The molecule has 1 amide bonds. The van der Waals surface area contributed by atoms with E-state index in [1.165, 1.54) is 0 Å². The molecule has 3 aromatic rings. The molecule has 7 nitrogen and oxygen atoms in total. The predicted octanol–water partition coefficient (Wildman–Crippen LogP) is 3.73. The van der Waals surface area contributed by atoms with Crippen LogP contribution in [0.2, 0.25) is 5.02 Å². The van der Waals surface area contributed by atoms with E-state index in [-0.39, 0.29) is 5.91 Å². The summed E-state index contributed by atoms with van der Waals surface area (Å²) in [4.78, 5) is 16.9. The second kappa shape index (κ2) is 6.38. The molecule has 3 N–H and O–H groups in total. The van der Waals surface area contributed by atoms with Crippen molar-refractivity contribution >= 4 is 40.5 Å². The van der Waals surface area contributed by atoms with E-state index < -0.39 is 0 Å². The van der Waals surface area contributed by atoms with E-state index in [4.69, 9.17) is 16.3 Å². The standard InChI is InChI=1S/C20H16ClN5O2/c1-10-15(9-23-20-17(10)22-2-3-28-20)12-5-13-14(4-11-7-24-25-8-11)19(27)26-18(13)16(21)6-12/h4-9,22H,2-3H2,1H3,(H,24,25)(H,26,27). The number of pyridine rings is 1. The van der Waals surface area contributed by atoms with Crippen LogP contribution in [-0.4, -0.2) is 34.2 Å². The number of amides is 1. The van der Waals surface area contributed by atoms with Crippen LogP contribution in [0.4, 0.5) is 11.4 Å². The molecule has 0 unspecified atom stereocenters. The molecule has 0 atom stereocenters. The molecule has 2 aliphatic heterocycles. The number of nitrogens with zero attached hydrogens (tertiary/aromatic N) is 2. The first-order chi connectivity index (χ1) is 13.6. The zero-order valence-electron chi connectivity index (χ0n) is 15.0. The van der Waals surface area contributed by atoms with Gasteiger partial charge in [0, 0.05) is 41.2 Å². The molecule has 5 rings (SSSR count). The number of nitrogens with one attached hydrogen (secondary N) is 3. The largest absolute Gasteiger partial charge is 0.474 e. The molecule has 0 saturated heterocycles. The number of hydrogen-bond acceptors (Lipinski definition) is 5. The van der Waals surface area contributed by atoms with Gasteiger partial charge < -0.3 is 15.4 Å². The summed E-state index contributed by atoms with van der Waals surface area (Å²) in [5.41, 5.74) is 6.48. The van der Waals surface area contributed by atoms with E-state index in [0.29, 0.717) is 28.8 Å². The number of aromatic amines is 1. The highest BCUT2D eigenvalue weighted by Gasteiger charge is 2.28. The molecule has 2 aromatic heterocycles. The number of benzene rings is 1. The fourth-order valence-corrected chi connectivity index (χ4v) is 3.83. The molecular weight excluding hydrogens is 378 g/mol. The third-order valence-corrected chi connectivity index (χ3v) is 5.25. The van der Waals surface area contributed by atoms with Crippen molar-refractivity contribution in [2.75, 3.05) is 23.8 Å². The van der Waals surface area contributed by atoms with Gasteiger partial charge in [-0.25, -0.2) is 4.98 Å². The molecule has 140 valence electrons. The number of fused-ring (bicyclic) bond motifs is 2. The molecule has 2 aliphatic rings. The Hall–Kier alpha value is -3.32. The summed E-state index contributed by atoms with van der Waals surface area (Å²) in [5, 5.41) is 13.4. The number of carbonyl (C=O) groups excluding carboxylic acids is 1. The fourth-order valence-electron chi connectivity index (χ4n) is 3.57. The lowest BCUT2D eigenvalue weighted by molar-refractivity contribution is -0.110. The summed E-state index contributed by atoms with van der Waals surface area (Å²) in [7, 11) is 0. The molecule has 0 saturated carbocycles. The van der Waals surface area contributed by atoms with Crippen molar-refractivity contribution in [1.82, 2.24) is 15.2 Å². The zero-order chi connectivity index (χ0) is 19.3. The minimum absolute atomic E-state index is 0.189. The molecule has 0 aliphatic carbocycles. The molecule has 28 heavy (non-hydrogen) atoms. The topological polar surface area (TPSA) is 91.9 Å². The van der Waals surface area contributed by atoms with Gasteiger partial charge in [0.1, 0.15) is 12.3 Å². The van der Waals surface area contributed by atoms with Crippen molar-refractivity contribution in [3.63, 3.8) is 0 Å². The van der Waals surface area contributed by atoms with Crippen molar-refractivity contribution in [2.45, 2.75) is 6.92 Å². The number of carbonyl (C=O) groups is 1. The second-order valence-corrected chi connectivity index (χ2v) is 7.08. The van der Waals surface area contributed by atoms with Gasteiger partial charge in [-0.15, -0.1) is 0 Å². The number of hydrogen-bond donors (Lipinski definition) is 3.